The molecule has 3 heterocycles. The number of amides is 4. The first-order valence-electron chi connectivity index (χ1n) is 18.3. The van der Waals surface area contributed by atoms with Crippen molar-refractivity contribution < 1.29 is 28.7 Å². The molecule has 0 saturated heterocycles. The van der Waals surface area contributed by atoms with Gasteiger partial charge in [0.1, 0.15) is 30.5 Å². The van der Waals surface area contributed by atoms with Crippen LogP contribution in [-0.4, -0.2) is 101 Å². The fraction of sp³-hybridized carbons (Fsp3) is 0.512. The van der Waals surface area contributed by atoms with E-state index in [1.54, 1.807) is 24.3 Å². The van der Waals surface area contributed by atoms with Crippen LogP contribution in [0.1, 0.15) is 69.4 Å². The summed E-state index contributed by atoms with van der Waals surface area (Å²) in [6.07, 6.45) is 10.6. The summed E-state index contributed by atoms with van der Waals surface area (Å²) in [5, 5.41) is 2.90. The minimum absolute atomic E-state index is 0.0463. The van der Waals surface area contributed by atoms with E-state index >= 15 is 0 Å². The van der Waals surface area contributed by atoms with Gasteiger partial charge in [0.2, 0.25) is 17.7 Å². The van der Waals surface area contributed by atoms with Crippen molar-refractivity contribution in [2.45, 2.75) is 78.5 Å². The molecule has 5 rings (SSSR count). The van der Waals surface area contributed by atoms with Crippen molar-refractivity contribution in [2.24, 2.45) is 5.41 Å². The summed E-state index contributed by atoms with van der Waals surface area (Å²) in [5.74, 6) is 1.28. The van der Waals surface area contributed by atoms with Gasteiger partial charge >= 0.3 is 6.09 Å². The van der Waals surface area contributed by atoms with Gasteiger partial charge in [-0.05, 0) is 86.8 Å². The molecule has 1 atom stereocenters. The molecule has 1 spiro atoms. The lowest BCUT2D eigenvalue weighted by atomic mass is 9.79. The van der Waals surface area contributed by atoms with Crippen molar-refractivity contribution in [3.8, 4) is 0 Å². The van der Waals surface area contributed by atoms with Crippen LogP contribution < -0.4 is 10.2 Å². The third kappa shape index (κ3) is 9.59. The Bertz CT molecular complexity index is 1900. The van der Waals surface area contributed by atoms with Crippen molar-refractivity contribution in [2.75, 3.05) is 61.7 Å². The molecule has 0 radical (unpaired) electrons. The highest BCUT2D eigenvalue weighted by Crippen LogP contribution is 2.49. The Kier molecular flexibility index (Phi) is 11.8. The number of fused-ring (bicyclic) bond motifs is 3. The number of nitrogens with zero attached hydrogens (tertiary/aromatic N) is 5. The molecule has 4 amide bonds. The quantitative estimate of drug-likeness (QED) is 0.226. The summed E-state index contributed by atoms with van der Waals surface area (Å²) >= 11 is 0. The Morgan fingerprint density at radius 2 is 1.61 bits per heavy atom. The van der Waals surface area contributed by atoms with Crippen molar-refractivity contribution in [3.05, 3.63) is 82.7 Å². The third-order valence-corrected chi connectivity index (χ3v) is 10.9. The van der Waals surface area contributed by atoms with E-state index in [4.69, 9.17) is 9.47 Å². The minimum atomic E-state index is -0.824. The van der Waals surface area contributed by atoms with E-state index in [1.807, 2.05) is 84.0 Å². The number of ether oxygens (including phenoxy) is 2. The molecule has 13 heteroatoms. The first-order valence-corrected chi connectivity index (χ1v) is 21.3. The van der Waals surface area contributed by atoms with Gasteiger partial charge in [0.15, 0.2) is 0 Å². The zero-order valence-electron chi connectivity index (χ0n) is 33.4. The van der Waals surface area contributed by atoms with E-state index in [-0.39, 0.29) is 38.2 Å². The number of anilines is 2. The molecule has 1 aliphatic heterocycles. The van der Waals surface area contributed by atoms with E-state index in [1.165, 1.54) is 9.80 Å². The van der Waals surface area contributed by atoms with E-state index in [2.05, 4.69) is 34.1 Å². The number of hydrogen-bond acceptors (Lipinski definition) is 8. The topological polar surface area (TPSA) is 134 Å². The van der Waals surface area contributed by atoms with Crippen LogP contribution in [0.3, 0.4) is 0 Å². The molecule has 0 fully saturated rings. The molecule has 2 aromatic heterocycles. The Hall–Kier alpha value is -4.49. The fourth-order valence-electron chi connectivity index (χ4n) is 6.77. The summed E-state index contributed by atoms with van der Waals surface area (Å²) < 4.78 is 11.5. The number of nitrogens with one attached hydrogen (secondary N) is 1. The Morgan fingerprint density at radius 3 is 2.26 bits per heavy atom. The molecule has 12 nitrogen and oxygen atoms in total. The predicted molar refractivity (Wildman–Crippen MR) is 214 cm³/mol. The van der Waals surface area contributed by atoms with Crippen LogP contribution in [0.25, 0.3) is 0 Å². The second-order valence-corrected chi connectivity index (χ2v) is 21.9. The number of carbonyl (C=O) groups is 4. The van der Waals surface area contributed by atoms with Gasteiger partial charge in [-0.15, -0.1) is 0 Å². The minimum Gasteiger partial charge on any atom is -0.444 e. The predicted octanol–water partition coefficient (Wildman–Crippen LogP) is 5.91. The molecule has 1 N–H and O–H groups in total. The number of hydrogen-bond donors (Lipinski definition) is 1. The van der Waals surface area contributed by atoms with Gasteiger partial charge in [-0.1, -0.05) is 51.1 Å². The molecule has 0 saturated carbocycles. The van der Waals surface area contributed by atoms with Gasteiger partial charge in [0.25, 0.3) is 0 Å². The fourth-order valence-corrected chi connectivity index (χ4v) is 7.39. The molecule has 0 bridgehead atoms. The second kappa shape index (κ2) is 15.7. The number of carbonyl (C=O) groups excluding carboxylic acids is 4. The van der Waals surface area contributed by atoms with Crippen molar-refractivity contribution in [3.63, 3.8) is 0 Å². The lowest BCUT2D eigenvalue weighted by Crippen LogP contribution is -2.43. The normalized spacial score (nSPS) is 16.9. The van der Waals surface area contributed by atoms with Gasteiger partial charge in [0, 0.05) is 49.3 Å². The average Bonchev–Trinajstić information content (AvgIpc) is 3.56. The van der Waals surface area contributed by atoms with Crippen LogP contribution in [-0.2, 0) is 55.2 Å². The van der Waals surface area contributed by atoms with E-state index in [9.17, 15) is 19.2 Å². The molecular weight excluding hydrogens is 705 g/mol. The summed E-state index contributed by atoms with van der Waals surface area (Å²) in [5.41, 5.74) is 2.16. The lowest BCUT2D eigenvalue weighted by molar-refractivity contribution is -0.142. The average molecular weight is 761 g/mol. The molecular formula is C41H56N6O6S. The Labute approximate surface area is 321 Å². The van der Waals surface area contributed by atoms with Gasteiger partial charge in [0.05, 0.1) is 12.0 Å². The van der Waals surface area contributed by atoms with Gasteiger partial charge in [-0.25, -0.2) is 24.8 Å². The van der Waals surface area contributed by atoms with Crippen LogP contribution >= 0.6 is 10.0 Å². The summed E-state index contributed by atoms with van der Waals surface area (Å²) in [6.45, 7) is 11.8. The number of rotatable bonds is 12. The van der Waals surface area contributed by atoms with Crippen molar-refractivity contribution >= 4 is 45.5 Å². The monoisotopic (exact) mass is 760 g/mol. The highest BCUT2D eigenvalue weighted by Gasteiger charge is 2.54. The van der Waals surface area contributed by atoms with E-state index in [0.29, 0.717) is 31.1 Å². The highest BCUT2D eigenvalue weighted by atomic mass is 32.3. The number of benzene rings is 1. The van der Waals surface area contributed by atoms with Gasteiger partial charge in [-0.3, -0.25) is 19.3 Å². The second-order valence-electron chi connectivity index (χ2n) is 17.3. The molecule has 1 unspecified atom stereocenters. The Balaban J connectivity index is 1.29. The number of pyridine rings is 2. The van der Waals surface area contributed by atoms with Crippen molar-refractivity contribution in [1.82, 2.24) is 19.8 Å². The summed E-state index contributed by atoms with van der Waals surface area (Å²) in [4.78, 5) is 68.1. The van der Waals surface area contributed by atoms with E-state index < -0.39 is 38.5 Å². The van der Waals surface area contributed by atoms with Crippen molar-refractivity contribution in [1.29, 1.82) is 0 Å². The van der Waals surface area contributed by atoms with Gasteiger partial charge in [-0.2, -0.15) is 0 Å². The summed E-state index contributed by atoms with van der Waals surface area (Å²) in [6, 6.07) is 13.2. The maximum atomic E-state index is 14.2. The number of aromatic nitrogens is 2. The molecule has 3 aromatic rings. The van der Waals surface area contributed by atoms with Crippen LogP contribution in [0.4, 0.5) is 16.4 Å². The zero-order chi connectivity index (χ0) is 39.6. The molecule has 54 heavy (non-hydrogen) atoms. The van der Waals surface area contributed by atoms with E-state index in [0.717, 1.165) is 33.6 Å². The smallest absolute Gasteiger partial charge is 0.410 e. The molecule has 2 aliphatic rings. The first-order chi connectivity index (χ1) is 25.2. The molecule has 1 aliphatic carbocycles. The molecule has 1 aromatic carbocycles. The third-order valence-electron chi connectivity index (χ3n) is 9.46. The van der Waals surface area contributed by atoms with Crippen LogP contribution in [0.15, 0.2) is 54.9 Å². The van der Waals surface area contributed by atoms with Gasteiger partial charge < -0.3 is 24.6 Å². The van der Waals surface area contributed by atoms with Crippen LogP contribution in [0.2, 0.25) is 0 Å². The summed E-state index contributed by atoms with van der Waals surface area (Å²) in [7, 11) is 0.940. The maximum Gasteiger partial charge on any atom is 0.410 e. The Morgan fingerprint density at radius 1 is 0.944 bits per heavy atom. The van der Waals surface area contributed by atoms with Crippen LogP contribution in [0, 0.1) is 5.41 Å². The maximum absolute atomic E-state index is 14.2. The first kappa shape index (κ1) is 40.7. The van der Waals surface area contributed by atoms with Crippen LogP contribution in [0.5, 0.6) is 0 Å². The highest BCUT2D eigenvalue weighted by molar-refractivity contribution is 8.32. The standard InChI is InChI=1S/C41H56N6O6S/c1-39(2,3)36(49)46(25-29-15-12-11-14-28(29)24-45(7)38(51)53-40(4,5)6)26-34(48)44-33-20-30-21-41(22-31(30)23-43-33)32-16-13-17-42-35(32)47(37(41)50)27-52-18-19-54(8,9)10/h11-17,20,23H,18-19,21-22,24-27H2,1-10H3,(H,43,44,48). The lowest BCUT2D eigenvalue weighted by Gasteiger charge is -2.30. The SMILES string of the molecule is CN(Cc1ccccc1CN(CC(=O)Nc1cc2c(cn1)CC1(C2)C(=O)N(COCCS(C)(C)C)c2ncccc21)C(=O)C(C)(C)C)C(=O)OC(C)(C)C. The zero-order valence-corrected chi connectivity index (χ0v) is 34.3. The largest absolute Gasteiger partial charge is 0.444 e. The molecule has 292 valence electrons.